The van der Waals surface area contributed by atoms with Gasteiger partial charge in [0.25, 0.3) is 15.9 Å². The second kappa shape index (κ2) is 10.8. The molecule has 3 N–H and O–H groups in total. The number of nitrogens with one attached hydrogen (secondary N) is 3. The monoisotopic (exact) mass is 485 g/mol. The van der Waals surface area contributed by atoms with Gasteiger partial charge in [0.15, 0.2) is 5.11 Å². The fourth-order valence-corrected chi connectivity index (χ4v) is 4.07. The first kappa shape index (κ1) is 24.0. The quantitative estimate of drug-likeness (QED) is 0.414. The van der Waals surface area contributed by atoms with Crippen molar-refractivity contribution >= 4 is 44.6 Å². The van der Waals surface area contributed by atoms with E-state index >= 15 is 0 Å². The molecule has 3 aromatic rings. The molecule has 1 amide bonds. The average molecular weight is 486 g/mol. The Balaban J connectivity index is 1.58. The van der Waals surface area contributed by atoms with E-state index in [-0.39, 0.29) is 15.9 Å². The number of methoxy groups -OCH3 is 1. The smallest absolute Gasteiger partial charge is 0.261 e. The fraction of sp³-hybridized carbons (Fsp3) is 0.130. The second-order valence-electron chi connectivity index (χ2n) is 6.72. The van der Waals surface area contributed by atoms with Gasteiger partial charge in [0.2, 0.25) is 0 Å². The van der Waals surface area contributed by atoms with E-state index in [0.717, 1.165) is 0 Å². The Bertz CT molecular complexity index is 1210. The average Bonchev–Trinajstić information content (AvgIpc) is 2.80. The minimum absolute atomic E-state index is 0.0770. The summed E-state index contributed by atoms with van der Waals surface area (Å²) in [6.45, 7) is 2.42. The summed E-state index contributed by atoms with van der Waals surface area (Å²) in [5.74, 6) is 0.920. The lowest BCUT2D eigenvalue weighted by Gasteiger charge is -2.12. The number of hydrogen-bond donors (Lipinski definition) is 3. The van der Waals surface area contributed by atoms with Gasteiger partial charge in [0.1, 0.15) is 11.5 Å². The molecule has 0 aliphatic rings. The maximum absolute atomic E-state index is 12.6. The Morgan fingerprint density at radius 2 is 1.45 bits per heavy atom. The number of carbonyl (C=O) groups excluding carboxylic acids is 1. The van der Waals surface area contributed by atoms with Crippen LogP contribution >= 0.6 is 12.2 Å². The van der Waals surface area contributed by atoms with E-state index in [2.05, 4.69) is 15.4 Å². The van der Waals surface area contributed by atoms with Crippen molar-refractivity contribution in [3.63, 3.8) is 0 Å². The summed E-state index contributed by atoms with van der Waals surface area (Å²) in [7, 11) is -2.24. The lowest BCUT2D eigenvalue weighted by molar-refractivity contribution is 0.0977. The van der Waals surface area contributed by atoms with Crippen LogP contribution in [-0.2, 0) is 10.0 Å². The van der Waals surface area contributed by atoms with Crippen molar-refractivity contribution in [3.05, 3.63) is 78.4 Å². The van der Waals surface area contributed by atoms with Crippen LogP contribution in [0.15, 0.2) is 77.7 Å². The number of thiocarbonyl (C=S) groups is 1. The number of sulfonamides is 1. The van der Waals surface area contributed by atoms with Crippen molar-refractivity contribution in [2.24, 2.45) is 0 Å². The molecule has 0 saturated heterocycles. The zero-order chi connectivity index (χ0) is 23.8. The molecule has 0 aliphatic heterocycles. The maximum Gasteiger partial charge on any atom is 0.261 e. The summed E-state index contributed by atoms with van der Waals surface area (Å²) in [4.78, 5) is 12.4. The van der Waals surface area contributed by atoms with Crippen LogP contribution in [0.5, 0.6) is 11.5 Å². The summed E-state index contributed by atoms with van der Waals surface area (Å²) in [6, 6.07) is 19.2. The minimum atomic E-state index is -3.77. The van der Waals surface area contributed by atoms with Gasteiger partial charge in [-0.3, -0.25) is 14.8 Å². The Labute approximate surface area is 198 Å². The predicted molar refractivity (Wildman–Crippen MR) is 132 cm³/mol. The fourth-order valence-electron chi connectivity index (χ4n) is 2.80. The number of benzene rings is 3. The molecule has 0 atom stereocenters. The van der Waals surface area contributed by atoms with Crippen molar-refractivity contribution in [1.29, 1.82) is 0 Å². The maximum atomic E-state index is 12.6. The minimum Gasteiger partial charge on any atom is -0.497 e. The van der Waals surface area contributed by atoms with E-state index in [4.69, 9.17) is 21.7 Å². The molecule has 3 rings (SSSR count). The number of hydrogen-bond acceptors (Lipinski definition) is 6. The van der Waals surface area contributed by atoms with Crippen molar-refractivity contribution in [1.82, 2.24) is 5.32 Å². The summed E-state index contributed by atoms with van der Waals surface area (Å²) in [6.07, 6.45) is 0. The molecule has 3 aromatic carbocycles. The predicted octanol–water partition coefficient (Wildman–Crippen LogP) is 4.02. The number of rotatable bonds is 8. The van der Waals surface area contributed by atoms with E-state index in [9.17, 15) is 13.2 Å². The molecule has 8 nitrogen and oxygen atoms in total. The van der Waals surface area contributed by atoms with Crippen molar-refractivity contribution in [2.45, 2.75) is 11.8 Å². The van der Waals surface area contributed by atoms with Gasteiger partial charge >= 0.3 is 0 Å². The SMILES string of the molecule is CCOc1ccc(C(=O)NC(=S)Nc2ccc(S(=O)(=O)Nc3ccc(OC)cc3)cc2)cc1. The highest BCUT2D eigenvalue weighted by Crippen LogP contribution is 2.20. The second-order valence-corrected chi connectivity index (χ2v) is 8.81. The first-order valence-electron chi connectivity index (χ1n) is 9.93. The van der Waals surface area contributed by atoms with Crippen LogP contribution in [0, 0.1) is 0 Å². The highest BCUT2D eigenvalue weighted by molar-refractivity contribution is 7.92. The van der Waals surface area contributed by atoms with Crippen LogP contribution < -0.4 is 24.8 Å². The number of amides is 1. The van der Waals surface area contributed by atoms with Crippen LogP contribution in [0.3, 0.4) is 0 Å². The third-order valence-corrected chi connectivity index (χ3v) is 6.02. The zero-order valence-electron chi connectivity index (χ0n) is 18.0. The van der Waals surface area contributed by atoms with E-state index in [1.807, 2.05) is 6.92 Å². The molecular weight excluding hydrogens is 462 g/mol. The molecule has 0 spiro atoms. The largest absolute Gasteiger partial charge is 0.497 e. The third-order valence-electron chi connectivity index (χ3n) is 4.42. The Morgan fingerprint density at radius 1 is 0.879 bits per heavy atom. The van der Waals surface area contributed by atoms with Crippen LogP contribution in [0.25, 0.3) is 0 Å². The van der Waals surface area contributed by atoms with E-state index in [1.165, 1.54) is 19.2 Å². The summed E-state index contributed by atoms with van der Waals surface area (Å²) < 4.78 is 38.1. The van der Waals surface area contributed by atoms with Crippen LogP contribution in [0.1, 0.15) is 17.3 Å². The van der Waals surface area contributed by atoms with Gasteiger partial charge in [-0.15, -0.1) is 0 Å². The van der Waals surface area contributed by atoms with Gasteiger partial charge in [-0.05, 0) is 91.9 Å². The Hall–Kier alpha value is -3.63. The van der Waals surface area contributed by atoms with Crippen LogP contribution in [-0.4, -0.2) is 33.2 Å². The molecule has 0 heterocycles. The molecule has 0 unspecified atom stereocenters. The van der Waals surface area contributed by atoms with E-state index < -0.39 is 10.0 Å². The first-order chi connectivity index (χ1) is 15.8. The van der Waals surface area contributed by atoms with Gasteiger partial charge < -0.3 is 14.8 Å². The highest BCUT2D eigenvalue weighted by Gasteiger charge is 2.15. The van der Waals surface area contributed by atoms with Gasteiger partial charge in [0.05, 0.1) is 18.6 Å². The van der Waals surface area contributed by atoms with Crippen LogP contribution in [0.2, 0.25) is 0 Å². The summed E-state index contributed by atoms with van der Waals surface area (Å²) >= 11 is 5.18. The lowest BCUT2D eigenvalue weighted by Crippen LogP contribution is -2.34. The number of anilines is 2. The Kier molecular flexibility index (Phi) is 7.86. The van der Waals surface area contributed by atoms with Crippen LogP contribution in [0.4, 0.5) is 11.4 Å². The molecule has 0 saturated carbocycles. The zero-order valence-corrected chi connectivity index (χ0v) is 19.6. The molecule has 172 valence electrons. The van der Waals surface area contributed by atoms with Gasteiger partial charge in [-0.2, -0.15) is 0 Å². The summed E-state index contributed by atoms with van der Waals surface area (Å²) in [5.41, 5.74) is 1.36. The van der Waals surface area contributed by atoms with E-state index in [1.54, 1.807) is 60.7 Å². The summed E-state index contributed by atoms with van der Waals surface area (Å²) in [5, 5.41) is 5.53. The molecule has 33 heavy (non-hydrogen) atoms. The lowest BCUT2D eigenvalue weighted by atomic mass is 10.2. The topological polar surface area (TPSA) is 106 Å². The molecule has 0 aliphatic carbocycles. The van der Waals surface area contributed by atoms with Crippen molar-refractivity contribution in [2.75, 3.05) is 23.8 Å². The number of carbonyl (C=O) groups is 1. The van der Waals surface area contributed by atoms with Gasteiger partial charge in [0, 0.05) is 16.9 Å². The Morgan fingerprint density at radius 3 is 2.03 bits per heavy atom. The molecule has 0 fully saturated rings. The highest BCUT2D eigenvalue weighted by atomic mass is 32.2. The standard InChI is InChI=1S/C23H23N3O5S2/c1-3-31-20-10-4-16(5-11-20)22(27)25-23(32)24-17-8-14-21(15-9-17)33(28,29)26-18-6-12-19(30-2)13-7-18/h4-15,26H,3H2,1-2H3,(H2,24,25,27,32). The number of ether oxygens (including phenoxy) is 2. The molecule has 0 bridgehead atoms. The first-order valence-corrected chi connectivity index (χ1v) is 11.8. The normalized spacial score (nSPS) is 10.7. The van der Waals surface area contributed by atoms with E-state index in [0.29, 0.717) is 35.0 Å². The van der Waals surface area contributed by atoms with Crippen molar-refractivity contribution in [3.8, 4) is 11.5 Å². The van der Waals surface area contributed by atoms with Gasteiger partial charge in [-0.25, -0.2) is 8.42 Å². The molecular formula is C23H23N3O5S2. The molecule has 0 radical (unpaired) electrons. The van der Waals surface area contributed by atoms with Gasteiger partial charge in [-0.1, -0.05) is 0 Å². The third kappa shape index (κ3) is 6.67. The molecule has 0 aromatic heterocycles. The van der Waals surface area contributed by atoms with Crippen molar-refractivity contribution < 1.29 is 22.7 Å². The molecule has 10 heteroatoms.